The van der Waals surface area contributed by atoms with E-state index in [1.807, 2.05) is 12.1 Å². The molecule has 3 rings (SSSR count). The van der Waals surface area contributed by atoms with Gasteiger partial charge in [0.1, 0.15) is 13.2 Å². The van der Waals surface area contributed by atoms with Crippen molar-refractivity contribution in [3.63, 3.8) is 0 Å². The number of piperidine rings is 1. The Morgan fingerprint density at radius 1 is 1.26 bits per heavy atom. The lowest BCUT2D eigenvalue weighted by atomic mass is 9.95. The molecule has 0 amide bonds. The van der Waals surface area contributed by atoms with Gasteiger partial charge in [-0.2, -0.15) is 0 Å². The fourth-order valence-corrected chi connectivity index (χ4v) is 2.64. The number of nitrogen functional groups attached to an aromatic ring is 1. The third-order valence-electron chi connectivity index (χ3n) is 3.95. The molecule has 5 heteroatoms. The van der Waals surface area contributed by atoms with Crippen molar-refractivity contribution in [2.75, 3.05) is 36.9 Å². The Kier molecular flexibility index (Phi) is 3.14. The lowest BCUT2D eigenvalue weighted by Gasteiger charge is -2.36. The molecule has 0 radical (unpaired) electrons. The lowest BCUT2D eigenvalue weighted by Crippen LogP contribution is -2.43. The van der Waals surface area contributed by atoms with Gasteiger partial charge in [-0.15, -0.1) is 0 Å². The summed E-state index contributed by atoms with van der Waals surface area (Å²) in [6.45, 7) is 4.73. The third kappa shape index (κ3) is 2.30. The average molecular weight is 264 g/mol. The van der Waals surface area contributed by atoms with E-state index >= 15 is 0 Å². The number of fused-ring (bicyclic) bond motifs is 1. The minimum atomic E-state index is -0.304. The Labute approximate surface area is 112 Å². The molecule has 0 aromatic heterocycles. The second-order valence-corrected chi connectivity index (χ2v) is 5.33. The van der Waals surface area contributed by atoms with Crippen LogP contribution in [0, 0.1) is 5.92 Å². The minimum absolute atomic E-state index is 0.304. The quantitative estimate of drug-likeness (QED) is 0.747. The van der Waals surface area contributed by atoms with Crippen molar-refractivity contribution in [1.82, 2.24) is 0 Å². The molecule has 19 heavy (non-hydrogen) atoms. The van der Waals surface area contributed by atoms with Crippen LogP contribution in [-0.4, -0.2) is 37.5 Å². The molecule has 1 aromatic carbocycles. The van der Waals surface area contributed by atoms with Gasteiger partial charge in [-0.25, -0.2) is 0 Å². The number of aliphatic hydroxyl groups is 1. The van der Waals surface area contributed by atoms with Crippen LogP contribution in [-0.2, 0) is 0 Å². The number of benzene rings is 1. The van der Waals surface area contributed by atoms with Crippen molar-refractivity contribution in [1.29, 1.82) is 0 Å². The van der Waals surface area contributed by atoms with Gasteiger partial charge >= 0.3 is 0 Å². The van der Waals surface area contributed by atoms with Gasteiger partial charge in [-0.05, 0) is 12.3 Å². The number of rotatable bonds is 1. The molecular weight excluding hydrogens is 244 g/mol. The molecule has 1 saturated heterocycles. The van der Waals surface area contributed by atoms with E-state index in [0.29, 0.717) is 37.1 Å². The van der Waals surface area contributed by atoms with Crippen molar-refractivity contribution >= 4 is 11.4 Å². The summed E-state index contributed by atoms with van der Waals surface area (Å²) in [7, 11) is 0. The maximum absolute atomic E-state index is 10.0. The number of nitrogens with zero attached hydrogens (tertiary/aromatic N) is 1. The molecule has 104 valence electrons. The van der Waals surface area contributed by atoms with Gasteiger partial charge < -0.3 is 25.2 Å². The summed E-state index contributed by atoms with van der Waals surface area (Å²) in [6.07, 6.45) is 0.663. The van der Waals surface area contributed by atoms with Crippen LogP contribution in [0.15, 0.2) is 12.1 Å². The number of ether oxygens (including phenoxy) is 2. The Hall–Kier alpha value is -1.62. The van der Waals surface area contributed by atoms with Crippen LogP contribution in [0.4, 0.5) is 11.4 Å². The van der Waals surface area contributed by atoms with Gasteiger partial charge in [0.15, 0.2) is 11.5 Å². The smallest absolute Gasteiger partial charge is 0.163 e. The average Bonchev–Trinajstić information content (AvgIpc) is 2.41. The second kappa shape index (κ2) is 4.81. The third-order valence-corrected chi connectivity index (χ3v) is 3.95. The second-order valence-electron chi connectivity index (χ2n) is 5.33. The van der Waals surface area contributed by atoms with Crippen molar-refractivity contribution < 1.29 is 14.6 Å². The van der Waals surface area contributed by atoms with Crippen molar-refractivity contribution in [2.24, 2.45) is 5.92 Å². The van der Waals surface area contributed by atoms with E-state index in [4.69, 9.17) is 15.2 Å². The fourth-order valence-electron chi connectivity index (χ4n) is 2.64. The Morgan fingerprint density at radius 2 is 1.95 bits per heavy atom. The first-order chi connectivity index (χ1) is 9.15. The van der Waals surface area contributed by atoms with Crippen LogP contribution in [0.3, 0.4) is 0 Å². The monoisotopic (exact) mass is 264 g/mol. The normalized spacial score (nSPS) is 26.3. The zero-order valence-electron chi connectivity index (χ0n) is 11.1. The van der Waals surface area contributed by atoms with Gasteiger partial charge in [-0.1, -0.05) is 6.92 Å². The molecule has 1 fully saturated rings. The number of β-amino-alcohol motifs (C(OH)–C–C–N with tert-alkyl or cyclic N) is 1. The molecule has 1 aromatic rings. The van der Waals surface area contributed by atoms with Crippen LogP contribution in [0.5, 0.6) is 11.5 Å². The van der Waals surface area contributed by atoms with Crippen LogP contribution < -0.4 is 20.1 Å². The summed E-state index contributed by atoms with van der Waals surface area (Å²) in [5, 5.41) is 10.0. The zero-order chi connectivity index (χ0) is 13.4. The number of nitrogens with two attached hydrogens (primary N) is 1. The van der Waals surface area contributed by atoms with E-state index in [9.17, 15) is 5.11 Å². The van der Waals surface area contributed by atoms with Crippen molar-refractivity contribution in [2.45, 2.75) is 19.4 Å². The van der Waals surface area contributed by atoms with Crippen molar-refractivity contribution in [3.05, 3.63) is 12.1 Å². The SMILES string of the molecule is CC1CCN(c2cc3c(cc2N)OCCO3)CC1O. The molecule has 0 aliphatic carbocycles. The van der Waals surface area contributed by atoms with Crippen molar-refractivity contribution in [3.8, 4) is 11.5 Å². The lowest BCUT2D eigenvalue weighted by molar-refractivity contribution is 0.103. The molecule has 0 spiro atoms. The van der Waals surface area contributed by atoms with E-state index in [2.05, 4.69) is 11.8 Å². The van der Waals surface area contributed by atoms with Crippen LogP contribution in [0.25, 0.3) is 0 Å². The summed E-state index contributed by atoms with van der Waals surface area (Å²) < 4.78 is 11.1. The van der Waals surface area contributed by atoms with Gasteiger partial charge in [0.05, 0.1) is 17.5 Å². The minimum Gasteiger partial charge on any atom is -0.486 e. The van der Waals surface area contributed by atoms with E-state index in [0.717, 1.165) is 24.4 Å². The summed E-state index contributed by atoms with van der Waals surface area (Å²) in [5.74, 6) is 1.79. The zero-order valence-corrected chi connectivity index (χ0v) is 11.1. The summed E-state index contributed by atoms with van der Waals surface area (Å²) in [6, 6.07) is 3.74. The number of hydrogen-bond donors (Lipinski definition) is 2. The molecule has 3 N–H and O–H groups in total. The molecule has 0 saturated carbocycles. The summed E-state index contributed by atoms with van der Waals surface area (Å²) in [4.78, 5) is 2.12. The highest BCUT2D eigenvalue weighted by molar-refractivity contribution is 5.73. The number of aliphatic hydroxyl groups excluding tert-OH is 1. The number of anilines is 2. The predicted molar refractivity (Wildman–Crippen MR) is 73.8 cm³/mol. The van der Waals surface area contributed by atoms with E-state index in [1.54, 1.807) is 0 Å². The largest absolute Gasteiger partial charge is 0.486 e. The maximum Gasteiger partial charge on any atom is 0.163 e. The fraction of sp³-hybridized carbons (Fsp3) is 0.571. The highest BCUT2D eigenvalue weighted by atomic mass is 16.6. The highest BCUT2D eigenvalue weighted by Gasteiger charge is 2.26. The Balaban J connectivity index is 1.88. The maximum atomic E-state index is 10.0. The Bertz CT molecular complexity index is 478. The van der Waals surface area contributed by atoms with Crippen LogP contribution >= 0.6 is 0 Å². The highest BCUT2D eigenvalue weighted by Crippen LogP contribution is 2.39. The molecule has 2 heterocycles. The van der Waals surface area contributed by atoms with E-state index < -0.39 is 0 Å². The van der Waals surface area contributed by atoms with E-state index in [1.165, 1.54) is 0 Å². The molecule has 2 aliphatic heterocycles. The molecule has 2 unspecified atom stereocenters. The van der Waals surface area contributed by atoms with Gasteiger partial charge in [-0.3, -0.25) is 0 Å². The first kappa shape index (κ1) is 12.4. The van der Waals surface area contributed by atoms with Gasteiger partial charge in [0, 0.05) is 25.2 Å². The summed E-state index contributed by atoms with van der Waals surface area (Å²) >= 11 is 0. The molecular formula is C14H20N2O3. The first-order valence-electron chi connectivity index (χ1n) is 6.77. The molecule has 2 aliphatic rings. The van der Waals surface area contributed by atoms with E-state index in [-0.39, 0.29) is 6.10 Å². The Morgan fingerprint density at radius 3 is 2.63 bits per heavy atom. The predicted octanol–water partition coefficient (Wildman–Crippen LogP) is 1.25. The van der Waals surface area contributed by atoms with Gasteiger partial charge in [0.2, 0.25) is 0 Å². The van der Waals surface area contributed by atoms with Crippen LogP contribution in [0.2, 0.25) is 0 Å². The number of hydrogen-bond acceptors (Lipinski definition) is 5. The molecule has 2 atom stereocenters. The molecule has 5 nitrogen and oxygen atoms in total. The topological polar surface area (TPSA) is 68.0 Å². The molecule has 0 bridgehead atoms. The summed E-state index contributed by atoms with van der Waals surface area (Å²) in [5.41, 5.74) is 7.70. The van der Waals surface area contributed by atoms with Crippen LogP contribution in [0.1, 0.15) is 13.3 Å². The standard InChI is InChI=1S/C14H20N2O3/c1-9-2-3-16(8-12(9)17)11-7-14-13(6-10(11)15)18-4-5-19-14/h6-7,9,12,17H,2-5,8,15H2,1H3. The first-order valence-corrected chi connectivity index (χ1v) is 6.77. The van der Waals surface area contributed by atoms with Gasteiger partial charge in [0.25, 0.3) is 0 Å².